The number of furan rings is 1. The molecule has 25 heavy (non-hydrogen) atoms. The van der Waals surface area contributed by atoms with Gasteiger partial charge in [-0.3, -0.25) is 4.79 Å². The van der Waals surface area contributed by atoms with Crippen molar-refractivity contribution in [3.63, 3.8) is 0 Å². The van der Waals surface area contributed by atoms with E-state index < -0.39 is 9.84 Å². The smallest absolute Gasteiger partial charge is 0.254 e. The second-order valence-electron chi connectivity index (χ2n) is 6.85. The first kappa shape index (κ1) is 17.7. The van der Waals surface area contributed by atoms with Crippen LogP contribution in [0.1, 0.15) is 47.9 Å². The Morgan fingerprint density at radius 1 is 1.24 bits per heavy atom. The summed E-state index contributed by atoms with van der Waals surface area (Å²) in [6, 6.07) is 10.8. The predicted molar refractivity (Wildman–Crippen MR) is 96.2 cm³/mol. The molecule has 0 bridgehead atoms. The lowest BCUT2D eigenvalue weighted by Crippen LogP contribution is -2.40. The van der Waals surface area contributed by atoms with Gasteiger partial charge in [-0.15, -0.1) is 0 Å². The maximum Gasteiger partial charge on any atom is 0.254 e. The molecule has 1 fully saturated rings. The molecule has 0 unspecified atom stereocenters. The van der Waals surface area contributed by atoms with Gasteiger partial charge in [-0.2, -0.15) is 0 Å². The number of carbonyl (C=O) groups excluding carboxylic acids is 1. The quantitative estimate of drug-likeness (QED) is 0.820. The number of rotatable bonds is 5. The molecule has 0 radical (unpaired) electrons. The van der Waals surface area contributed by atoms with Crippen molar-refractivity contribution in [1.82, 2.24) is 4.90 Å². The standard InChI is InChI=1S/C19H23NO4S/c1-14(2)15-5-7-16(8-6-15)19(21)20(12-18-4-3-10-24-18)17-9-11-25(22,23)13-17/h3-8,10,14,17H,9,11-13H2,1-2H3/t17-/m0/s1. The molecule has 2 aromatic rings. The fourth-order valence-corrected chi connectivity index (χ4v) is 4.87. The van der Waals surface area contributed by atoms with Gasteiger partial charge in [-0.25, -0.2) is 8.42 Å². The van der Waals surface area contributed by atoms with E-state index in [1.54, 1.807) is 23.3 Å². The van der Waals surface area contributed by atoms with Crippen molar-refractivity contribution in [2.45, 2.75) is 38.8 Å². The lowest BCUT2D eigenvalue weighted by molar-refractivity contribution is 0.0666. The summed E-state index contributed by atoms with van der Waals surface area (Å²) in [6.07, 6.45) is 2.03. The third-order valence-electron chi connectivity index (χ3n) is 4.64. The highest BCUT2D eigenvalue weighted by molar-refractivity contribution is 7.91. The van der Waals surface area contributed by atoms with Gasteiger partial charge in [0.25, 0.3) is 5.91 Å². The number of nitrogens with zero attached hydrogens (tertiary/aromatic N) is 1. The predicted octanol–water partition coefficient (Wildman–Crippen LogP) is 3.23. The molecule has 1 aliphatic heterocycles. The number of amides is 1. The van der Waals surface area contributed by atoms with E-state index in [0.29, 0.717) is 23.7 Å². The van der Waals surface area contributed by atoms with Crippen LogP contribution in [0.2, 0.25) is 0 Å². The summed E-state index contributed by atoms with van der Waals surface area (Å²) >= 11 is 0. The van der Waals surface area contributed by atoms with E-state index in [1.165, 1.54) is 0 Å². The third-order valence-corrected chi connectivity index (χ3v) is 6.39. The summed E-state index contributed by atoms with van der Waals surface area (Å²) in [5, 5.41) is 0. The van der Waals surface area contributed by atoms with E-state index in [0.717, 1.165) is 5.56 Å². The fourth-order valence-electron chi connectivity index (χ4n) is 3.13. The van der Waals surface area contributed by atoms with Gasteiger partial charge in [0.1, 0.15) is 5.76 Å². The molecule has 1 atom stereocenters. The van der Waals surface area contributed by atoms with Crippen LogP contribution in [-0.2, 0) is 16.4 Å². The molecule has 1 aliphatic rings. The molecule has 0 spiro atoms. The second kappa shape index (κ2) is 7.04. The van der Waals surface area contributed by atoms with E-state index in [1.807, 2.05) is 24.3 Å². The first-order valence-electron chi connectivity index (χ1n) is 8.49. The molecule has 5 nitrogen and oxygen atoms in total. The minimum absolute atomic E-state index is 0.0174. The molecular weight excluding hydrogens is 338 g/mol. The van der Waals surface area contributed by atoms with Crippen LogP contribution < -0.4 is 0 Å². The van der Waals surface area contributed by atoms with Crippen LogP contribution in [0, 0.1) is 0 Å². The first-order chi connectivity index (χ1) is 11.9. The van der Waals surface area contributed by atoms with E-state index in [2.05, 4.69) is 13.8 Å². The summed E-state index contributed by atoms with van der Waals surface area (Å²) in [7, 11) is -3.08. The van der Waals surface area contributed by atoms with E-state index in [9.17, 15) is 13.2 Å². The van der Waals surface area contributed by atoms with Gasteiger partial charge < -0.3 is 9.32 Å². The van der Waals surface area contributed by atoms with Crippen LogP contribution >= 0.6 is 0 Å². The van der Waals surface area contributed by atoms with E-state index >= 15 is 0 Å². The van der Waals surface area contributed by atoms with Crippen molar-refractivity contribution in [2.75, 3.05) is 11.5 Å². The average molecular weight is 361 g/mol. The van der Waals surface area contributed by atoms with Crippen molar-refractivity contribution >= 4 is 15.7 Å². The largest absolute Gasteiger partial charge is 0.467 e. The van der Waals surface area contributed by atoms with Gasteiger partial charge in [-0.1, -0.05) is 26.0 Å². The number of benzene rings is 1. The van der Waals surface area contributed by atoms with Crippen LogP contribution in [0.4, 0.5) is 0 Å². The molecule has 6 heteroatoms. The van der Waals surface area contributed by atoms with Crippen LogP contribution in [0.15, 0.2) is 47.1 Å². The normalized spacial score (nSPS) is 19.2. The SMILES string of the molecule is CC(C)c1ccc(C(=O)N(Cc2ccco2)[C@H]2CCS(=O)(=O)C2)cc1. The minimum Gasteiger partial charge on any atom is -0.467 e. The van der Waals surface area contributed by atoms with Gasteiger partial charge in [0.2, 0.25) is 0 Å². The highest BCUT2D eigenvalue weighted by atomic mass is 32.2. The fraction of sp³-hybridized carbons (Fsp3) is 0.421. The maximum absolute atomic E-state index is 13.0. The number of hydrogen-bond donors (Lipinski definition) is 0. The Hall–Kier alpha value is -2.08. The summed E-state index contributed by atoms with van der Waals surface area (Å²) < 4.78 is 29.1. The summed E-state index contributed by atoms with van der Waals surface area (Å²) in [5.74, 6) is 1.03. The number of carbonyl (C=O) groups is 1. The van der Waals surface area contributed by atoms with Crippen LogP contribution in [0.25, 0.3) is 0 Å². The van der Waals surface area contributed by atoms with Gasteiger partial charge in [0, 0.05) is 11.6 Å². The second-order valence-corrected chi connectivity index (χ2v) is 9.07. The summed E-state index contributed by atoms with van der Waals surface area (Å²) in [4.78, 5) is 14.7. The Kier molecular flexibility index (Phi) is 4.99. The van der Waals surface area contributed by atoms with Crippen LogP contribution in [-0.4, -0.2) is 36.8 Å². The Balaban J connectivity index is 1.86. The lowest BCUT2D eigenvalue weighted by atomic mass is 10.0. The Bertz CT molecular complexity index is 823. The molecule has 1 aromatic heterocycles. The highest BCUT2D eigenvalue weighted by Gasteiger charge is 2.35. The molecule has 1 amide bonds. The molecular formula is C19H23NO4S. The topological polar surface area (TPSA) is 67.6 Å². The lowest BCUT2D eigenvalue weighted by Gasteiger charge is -2.27. The van der Waals surface area contributed by atoms with Gasteiger partial charge in [0.15, 0.2) is 9.84 Å². The highest BCUT2D eigenvalue weighted by Crippen LogP contribution is 2.23. The number of hydrogen-bond acceptors (Lipinski definition) is 4. The van der Waals surface area contributed by atoms with E-state index in [-0.39, 0.29) is 30.0 Å². The maximum atomic E-state index is 13.0. The Morgan fingerprint density at radius 2 is 1.96 bits per heavy atom. The zero-order valence-electron chi connectivity index (χ0n) is 14.5. The molecule has 0 saturated carbocycles. The Labute approximate surface area is 148 Å². The summed E-state index contributed by atoms with van der Waals surface area (Å²) in [6.45, 7) is 4.48. The van der Waals surface area contributed by atoms with Crippen molar-refractivity contribution in [2.24, 2.45) is 0 Å². The Morgan fingerprint density at radius 3 is 2.48 bits per heavy atom. The third kappa shape index (κ3) is 4.12. The van der Waals surface area contributed by atoms with E-state index in [4.69, 9.17) is 4.42 Å². The van der Waals surface area contributed by atoms with Crippen molar-refractivity contribution in [3.05, 3.63) is 59.5 Å². The molecule has 0 aliphatic carbocycles. The molecule has 134 valence electrons. The van der Waals surface area contributed by atoms with Gasteiger partial charge in [-0.05, 0) is 42.2 Å². The van der Waals surface area contributed by atoms with Gasteiger partial charge in [0.05, 0.1) is 24.3 Å². The first-order valence-corrected chi connectivity index (χ1v) is 10.3. The number of sulfone groups is 1. The van der Waals surface area contributed by atoms with Crippen LogP contribution in [0.5, 0.6) is 0 Å². The minimum atomic E-state index is -3.08. The van der Waals surface area contributed by atoms with Crippen molar-refractivity contribution in [1.29, 1.82) is 0 Å². The molecule has 0 N–H and O–H groups in total. The molecule has 2 heterocycles. The van der Waals surface area contributed by atoms with Crippen LogP contribution in [0.3, 0.4) is 0 Å². The zero-order chi connectivity index (χ0) is 18.0. The average Bonchev–Trinajstić information content (AvgIpc) is 3.21. The van der Waals surface area contributed by atoms with Gasteiger partial charge >= 0.3 is 0 Å². The molecule has 1 saturated heterocycles. The zero-order valence-corrected chi connectivity index (χ0v) is 15.3. The molecule has 1 aromatic carbocycles. The van der Waals surface area contributed by atoms with Crippen molar-refractivity contribution in [3.8, 4) is 0 Å². The van der Waals surface area contributed by atoms with Crippen molar-refractivity contribution < 1.29 is 17.6 Å². The molecule has 3 rings (SSSR count). The summed E-state index contributed by atoms with van der Waals surface area (Å²) in [5.41, 5.74) is 1.73. The monoisotopic (exact) mass is 361 g/mol.